The van der Waals surface area contributed by atoms with Crippen LogP contribution in [0.4, 0.5) is 0 Å². The number of nitrogens with zero attached hydrogens (tertiary/aromatic N) is 1. The fraction of sp³-hybridized carbons (Fsp3) is 0.364. The number of hydrogen-bond donors (Lipinski definition) is 0. The molecule has 0 aromatic heterocycles. The molecule has 66 valence electrons. The number of aryl methyl sites for hydroxylation is 1. The zero-order valence-electron chi connectivity index (χ0n) is 7.42. The van der Waals surface area contributed by atoms with Crippen molar-refractivity contribution in [2.75, 3.05) is 6.61 Å². The molecule has 0 atom stereocenters. The van der Waals surface area contributed by atoms with E-state index in [0.29, 0.717) is 0 Å². The summed E-state index contributed by atoms with van der Waals surface area (Å²) in [5.74, 6) is 0.955. The highest BCUT2D eigenvalue weighted by Gasteiger charge is 2.08. The zero-order valence-corrected chi connectivity index (χ0v) is 7.42. The molecule has 13 heavy (non-hydrogen) atoms. The first-order valence-corrected chi connectivity index (χ1v) is 4.56. The summed E-state index contributed by atoms with van der Waals surface area (Å²) in [5.41, 5.74) is 1.90. The molecule has 0 radical (unpaired) electrons. The van der Waals surface area contributed by atoms with Crippen LogP contribution < -0.4 is 4.74 Å². The third-order valence-corrected chi connectivity index (χ3v) is 2.29. The minimum Gasteiger partial charge on any atom is -0.493 e. The molecule has 1 heterocycles. The molecule has 0 aliphatic carbocycles. The van der Waals surface area contributed by atoms with E-state index in [1.54, 1.807) is 0 Å². The van der Waals surface area contributed by atoms with Gasteiger partial charge in [0.1, 0.15) is 5.75 Å². The number of benzene rings is 1. The van der Waals surface area contributed by atoms with Crippen molar-refractivity contribution in [3.8, 4) is 11.8 Å². The molecule has 2 rings (SSSR count). The van der Waals surface area contributed by atoms with Crippen LogP contribution in [-0.2, 0) is 6.42 Å². The molecular formula is C11H11NO. The van der Waals surface area contributed by atoms with Crippen molar-refractivity contribution in [1.82, 2.24) is 0 Å². The van der Waals surface area contributed by atoms with Gasteiger partial charge in [0.05, 0.1) is 18.2 Å². The number of hydrogen-bond acceptors (Lipinski definition) is 2. The van der Waals surface area contributed by atoms with Crippen LogP contribution in [0.3, 0.4) is 0 Å². The maximum absolute atomic E-state index is 8.72. The fourth-order valence-corrected chi connectivity index (χ4v) is 1.58. The van der Waals surface area contributed by atoms with Gasteiger partial charge in [-0.3, -0.25) is 0 Å². The predicted octanol–water partition coefficient (Wildman–Crippen LogP) is 2.27. The van der Waals surface area contributed by atoms with E-state index in [-0.39, 0.29) is 0 Å². The van der Waals surface area contributed by atoms with Crippen molar-refractivity contribution in [2.45, 2.75) is 19.3 Å². The van der Waals surface area contributed by atoms with E-state index in [4.69, 9.17) is 10.00 Å². The van der Waals surface area contributed by atoms with Crippen molar-refractivity contribution in [1.29, 1.82) is 5.26 Å². The van der Waals surface area contributed by atoms with Crippen molar-refractivity contribution in [3.05, 3.63) is 29.3 Å². The van der Waals surface area contributed by atoms with Gasteiger partial charge in [0.2, 0.25) is 0 Å². The molecule has 0 N–H and O–H groups in total. The van der Waals surface area contributed by atoms with Gasteiger partial charge in [-0.15, -0.1) is 0 Å². The van der Waals surface area contributed by atoms with Gasteiger partial charge in [-0.2, -0.15) is 5.26 Å². The second-order valence-electron chi connectivity index (χ2n) is 3.24. The smallest absolute Gasteiger partial charge is 0.122 e. The second kappa shape index (κ2) is 3.49. The predicted molar refractivity (Wildman–Crippen MR) is 49.6 cm³/mol. The molecule has 1 aliphatic heterocycles. The van der Waals surface area contributed by atoms with Gasteiger partial charge in [-0.05, 0) is 43.0 Å². The van der Waals surface area contributed by atoms with E-state index in [1.807, 2.05) is 18.2 Å². The summed E-state index contributed by atoms with van der Waals surface area (Å²) in [6, 6.07) is 7.78. The van der Waals surface area contributed by atoms with Crippen LogP contribution in [0, 0.1) is 11.3 Å². The Balaban J connectivity index is 2.39. The number of fused-ring (bicyclic) bond motifs is 1. The standard InChI is InChI=1S/C11H11NO/c12-8-9-4-5-11-10(7-9)3-1-2-6-13-11/h4-5,7H,1-3,6H2. The minimum absolute atomic E-state index is 0.726. The Morgan fingerprint density at radius 1 is 1.31 bits per heavy atom. The molecule has 0 saturated heterocycles. The summed E-state index contributed by atoms with van der Waals surface area (Å²) in [6.45, 7) is 0.804. The average Bonchev–Trinajstić information content (AvgIpc) is 2.41. The Bertz CT molecular complexity index is 352. The summed E-state index contributed by atoms with van der Waals surface area (Å²) in [6.07, 6.45) is 3.29. The summed E-state index contributed by atoms with van der Waals surface area (Å²) in [5, 5.41) is 8.72. The first-order valence-electron chi connectivity index (χ1n) is 4.56. The van der Waals surface area contributed by atoms with Crippen LogP contribution in [0.5, 0.6) is 5.75 Å². The first kappa shape index (κ1) is 8.12. The highest BCUT2D eigenvalue weighted by molar-refractivity contribution is 5.42. The quantitative estimate of drug-likeness (QED) is 0.603. The van der Waals surface area contributed by atoms with E-state index in [1.165, 1.54) is 5.56 Å². The van der Waals surface area contributed by atoms with Gasteiger partial charge in [0.25, 0.3) is 0 Å². The minimum atomic E-state index is 0.726. The topological polar surface area (TPSA) is 33.0 Å². The molecule has 2 nitrogen and oxygen atoms in total. The second-order valence-corrected chi connectivity index (χ2v) is 3.24. The SMILES string of the molecule is N#Cc1ccc2c(c1)CCCCO2. The summed E-state index contributed by atoms with van der Waals surface area (Å²) < 4.78 is 5.54. The highest BCUT2D eigenvalue weighted by atomic mass is 16.5. The number of ether oxygens (including phenoxy) is 1. The van der Waals surface area contributed by atoms with Gasteiger partial charge in [-0.25, -0.2) is 0 Å². The molecule has 1 aromatic carbocycles. The Labute approximate surface area is 77.8 Å². The van der Waals surface area contributed by atoms with E-state index in [9.17, 15) is 0 Å². The first-order chi connectivity index (χ1) is 6.40. The molecule has 2 heteroatoms. The van der Waals surface area contributed by atoms with Gasteiger partial charge in [0, 0.05) is 0 Å². The van der Waals surface area contributed by atoms with Gasteiger partial charge in [-0.1, -0.05) is 0 Å². The van der Waals surface area contributed by atoms with Crippen molar-refractivity contribution in [3.63, 3.8) is 0 Å². The van der Waals surface area contributed by atoms with Gasteiger partial charge < -0.3 is 4.74 Å². The molecule has 0 spiro atoms. The lowest BCUT2D eigenvalue weighted by Gasteiger charge is -2.05. The van der Waals surface area contributed by atoms with Crippen molar-refractivity contribution < 1.29 is 4.74 Å². The maximum Gasteiger partial charge on any atom is 0.122 e. The maximum atomic E-state index is 8.72. The molecule has 0 unspecified atom stereocenters. The van der Waals surface area contributed by atoms with Crippen LogP contribution in [0.1, 0.15) is 24.0 Å². The van der Waals surface area contributed by atoms with Crippen molar-refractivity contribution in [2.24, 2.45) is 0 Å². The molecule has 0 amide bonds. The molecule has 1 aliphatic rings. The Kier molecular flexibility index (Phi) is 2.18. The van der Waals surface area contributed by atoms with E-state index in [0.717, 1.165) is 37.2 Å². The lowest BCUT2D eigenvalue weighted by Crippen LogP contribution is -1.94. The van der Waals surface area contributed by atoms with E-state index in [2.05, 4.69) is 6.07 Å². The van der Waals surface area contributed by atoms with E-state index < -0.39 is 0 Å². The molecule has 0 fully saturated rings. The van der Waals surface area contributed by atoms with Crippen LogP contribution in [0.15, 0.2) is 18.2 Å². The third kappa shape index (κ3) is 1.65. The van der Waals surface area contributed by atoms with Crippen LogP contribution in [0.2, 0.25) is 0 Å². The summed E-state index contributed by atoms with van der Waals surface area (Å²) >= 11 is 0. The highest BCUT2D eigenvalue weighted by Crippen LogP contribution is 2.24. The van der Waals surface area contributed by atoms with E-state index >= 15 is 0 Å². The van der Waals surface area contributed by atoms with Gasteiger partial charge >= 0.3 is 0 Å². The molecule has 1 aromatic rings. The van der Waals surface area contributed by atoms with Crippen LogP contribution >= 0.6 is 0 Å². The van der Waals surface area contributed by atoms with Crippen LogP contribution in [0.25, 0.3) is 0 Å². The lowest BCUT2D eigenvalue weighted by atomic mass is 10.1. The Morgan fingerprint density at radius 3 is 3.08 bits per heavy atom. The van der Waals surface area contributed by atoms with Crippen LogP contribution in [-0.4, -0.2) is 6.61 Å². The third-order valence-electron chi connectivity index (χ3n) is 2.29. The Morgan fingerprint density at radius 2 is 2.23 bits per heavy atom. The largest absolute Gasteiger partial charge is 0.493 e. The normalized spacial score (nSPS) is 15.0. The van der Waals surface area contributed by atoms with Crippen molar-refractivity contribution >= 4 is 0 Å². The average molecular weight is 173 g/mol. The molecular weight excluding hydrogens is 162 g/mol. The fourth-order valence-electron chi connectivity index (χ4n) is 1.58. The monoisotopic (exact) mass is 173 g/mol. The number of nitriles is 1. The summed E-state index contributed by atoms with van der Waals surface area (Å²) in [4.78, 5) is 0. The summed E-state index contributed by atoms with van der Waals surface area (Å²) in [7, 11) is 0. The lowest BCUT2D eigenvalue weighted by molar-refractivity contribution is 0.317. The number of rotatable bonds is 0. The molecule has 0 bridgehead atoms. The molecule has 0 saturated carbocycles. The van der Waals surface area contributed by atoms with Gasteiger partial charge in [0.15, 0.2) is 0 Å². The zero-order chi connectivity index (χ0) is 9.10. The Hall–Kier alpha value is -1.49.